The highest BCUT2D eigenvalue weighted by molar-refractivity contribution is 5.80. The molecule has 3 heterocycles. The molecule has 20 heavy (non-hydrogen) atoms. The molecular weight excluding hydrogens is 254 g/mol. The first-order valence-corrected chi connectivity index (χ1v) is 7.92. The number of fused-ring (bicyclic) bond motifs is 1. The number of nitrogens with zero attached hydrogens (tertiary/aromatic N) is 1. The lowest BCUT2D eigenvalue weighted by Crippen LogP contribution is -2.56. The molecule has 0 aromatic carbocycles. The molecule has 0 bridgehead atoms. The molecule has 0 aromatic rings. The van der Waals surface area contributed by atoms with Crippen molar-refractivity contribution >= 4 is 11.8 Å². The summed E-state index contributed by atoms with van der Waals surface area (Å²) in [6, 6.07) is 0.295. The summed E-state index contributed by atoms with van der Waals surface area (Å²) < 4.78 is 0. The van der Waals surface area contributed by atoms with Gasteiger partial charge in [-0.2, -0.15) is 0 Å². The van der Waals surface area contributed by atoms with Gasteiger partial charge >= 0.3 is 0 Å². The molecule has 3 rings (SSSR count). The molecule has 2 N–H and O–H groups in total. The summed E-state index contributed by atoms with van der Waals surface area (Å²) in [5.74, 6) is 1.69. The third-order valence-electron chi connectivity index (χ3n) is 5.05. The maximum Gasteiger partial charge on any atom is 0.226 e. The molecule has 0 aromatic heterocycles. The van der Waals surface area contributed by atoms with Crippen molar-refractivity contribution in [3.05, 3.63) is 0 Å². The van der Waals surface area contributed by atoms with E-state index in [2.05, 4.69) is 17.6 Å². The fraction of sp³-hybridized carbons (Fsp3) is 0.867. The highest BCUT2D eigenvalue weighted by Gasteiger charge is 2.37. The van der Waals surface area contributed by atoms with Crippen molar-refractivity contribution in [2.24, 2.45) is 17.8 Å². The molecule has 0 aliphatic carbocycles. The zero-order valence-corrected chi connectivity index (χ0v) is 12.2. The summed E-state index contributed by atoms with van der Waals surface area (Å²) in [7, 11) is 0. The predicted molar refractivity (Wildman–Crippen MR) is 76.0 cm³/mol. The summed E-state index contributed by atoms with van der Waals surface area (Å²) in [5.41, 5.74) is 0. The molecule has 4 unspecified atom stereocenters. The van der Waals surface area contributed by atoms with Crippen LogP contribution in [0.5, 0.6) is 0 Å². The van der Waals surface area contributed by atoms with Gasteiger partial charge in [0.15, 0.2) is 0 Å². The molecule has 0 saturated carbocycles. The molecule has 3 saturated heterocycles. The van der Waals surface area contributed by atoms with Gasteiger partial charge in [-0.3, -0.25) is 9.59 Å². The number of carbonyl (C=O) groups excluding carboxylic acids is 2. The number of nitrogens with one attached hydrogen (secondary N) is 2. The third kappa shape index (κ3) is 2.82. The molecule has 4 atom stereocenters. The second kappa shape index (κ2) is 5.72. The molecule has 5 heteroatoms. The minimum atomic E-state index is 0.147. The molecule has 3 fully saturated rings. The van der Waals surface area contributed by atoms with Crippen molar-refractivity contribution in [2.75, 3.05) is 26.2 Å². The molecule has 0 spiro atoms. The Morgan fingerprint density at radius 2 is 2.15 bits per heavy atom. The first-order chi connectivity index (χ1) is 9.63. The third-order valence-corrected chi connectivity index (χ3v) is 5.05. The van der Waals surface area contributed by atoms with Crippen LogP contribution in [0.3, 0.4) is 0 Å². The van der Waals surface area contributed by atoms with E-state index in [-0.39, 0.29) is 11.8 Å². The van der Waals surface area contributed by atoms with Crippen molar-refractivity contribution in [3.8, 4) is 0 Å². The van der Waals surface area contributed by atoms with Crippen LogP contribution in [0.4, 0.5) is 0 Å². The van der Waals surface area contributed by atoms with E-state index in [0.29, 0.717) is 30.2 Å². The number of hydrogen-bond acceptors (Lipinski definition) is 3. The minimum absolute atomic E-state index is 0.147. The largest absolute Gasteiger partial charge is 0.353 e. The Balaban J connectivity index is 1.58. The number of hydrogen-bond donors (Lipinski definition) is 2. The monoisotopic (exact) mass is 279 g/mol. The summed E-state index contributed by atoms with van der Waals surface area (Å²) in [6.07, 6.45) is 3.47. The zero-order valence-electron chi connectivity index (χ0n) is 12.2. The SMILES string of the molecule is CC1CNCC(C(=O)N2CCC3NC(=O)CCC3C2)C1. The molecule has 112 valence electrons. The van der Waals surface area contributed by atoms with Crippen LogP contribution in [0.2, 0.25) is 0 Å². The smallest absolute Gasteiger partial charge is 0.226 e. The fourth-order valence-corrected chi connectivity index (χ4v) is 3.91. The summed E-state index contributed by atoms with van der Waals surface area (Å²) in [6.45, 7) is 5.68. The van der Waals surface area contributed by atoms with Gasteiger partial charge < -0.3 is 15.5 Å². The number of rotatable bonds is 1. The molecular formula is C15H25N3O2. The highest BCUT2D eigenvalue weighted by Crippen LogP contribution is 2.27. The van der Waals surface area contributed by atoms with E-state index < -0.39 is 0 Å². The summed E-state index contributed by atoms with van der Waals surface area (Å²) >= 11 is 0. The van der Waals surface area contributed by atoms with Gasteiger partial charge in [0.1, 0.15) is 0 Å². The normalized spacial score (nSPS) is 38.0. The Morgan fingerprint density at radius 3 is 2.95 bits per heavy atom. The number of amides is 2. The topological polar surface area (TPSA) is 61.4 Å². The van der Waals surface area contributed by atoms with Gasteiger partial charge in [0.2, 0.25) is 11.8 Å². The van der Waals surface area contributed by atoms with E-state index in [0.717, 1.165) is 45.4 Å². The van der Waals surface area contributed by atoms with E-state index in [1.54, 1.807) is 0 Å². The van der Waals surface area contributed by atoms with Crippen molar-refractivity contribution in [2.45, 2.75) is 38.6 Å². The average Bonchev–Trinajstić information content (AvgIpc) is 2.46. The average molecular weight is 279 g/mol. The predicted octanol–water partition coefficient (Wildman–Crippen LogP) is 0.359. The number of likely N-dealkylation sites (tertiary alicyclic amines) is 1. The van der Waals surface area contributed by atoms with Crippen molar-refractivity contribution in [1.82, 2.24) is 15.5 Å². The van der Waals surface area contributed by atoms with Crippen LogP contribution in [-0.2, 0) is 9.59 Å². The Bertz CT molecular complexity index is 399. The van der Waals surface area contributed by atoms with Crippen LogP contribution in [0, 0.1) is 17.8 Å². The van der Waals surface area contributed by atoms with E-state index in [1.807, 2.05) is 4.90 Å². The van der Waals surface area contributed by atoms with Crippen LogP contribution in [-0.4, -0.2) is 48.9 Å². The minimum Gasteiger partial charge on any atom is -0.353 e. The van der Waals surface area contributed by atoms with Gasteiger partial charge in [0.25, 0.3) is 0 Å². The maximum absolute atomic E-state index is 12.6. The first kappa shape index (κ1) is 13.9. The maximum atomic E-state index is 12.6. The second-order valence-electron chi connectivity index (χ2n) is 6.74. The molecule has 0 radical (unpaired) electrons. The van der Waals surface area contributed by atoms with Gasteiger partial charge in [-0.25, -0.2) is 0 Å². The standard InChI is InChI=1S/C15H25N3O2/c1-10-6-12(8-16-7-10)15(20)18-5-4-13-11(9-18)2-3-14(19)17-13/h10-13,16H,2-9H2,1H3,(H,17,19). The molecule has 2 amide bonds. The van der Waals surface area contributed by atoms with E-state index in [9.17, 15) is 9.59 Å². The number of piperidine rings is 3. The van der Waals surface area contributed by atoms with Crippen molar-refractivity contribution in [3.63, 3.8) is 0 Å². The fourth-order valence-electron chi connectivity index (χ4n) is 3.91. The molecule has 5 nitrogen and oxygen atoms in total. The van der Waals surface area contributed by atoms with Crippen LogP contribution in [0.25, 0.3) is 0 Å². The van der Waals surface area contributed by atoms with Gasteiger partial charge in [-0.1, -0.05) is 6.92 Å². The van der Waals surface area contributed by atoms with Gasteiger partial charge in [0, 0.05) is 32.1 Å². The summed E-state index contributed by atoms with van der Waals surface area (Å²) in [4.78, 5) is 26.1. The Labute approximate surface area is 120 Å². The van der Waals surface area contributed by atoms with Crippen LogP contribution in [0.15, 0.2) is 0 Å². The van der Waals surface area contributed by atoms with Gasteiger partial charge in [0.05, 0.1) is 5.92 Å². The van der Waals surface area contributed by atoms with E-state index in [4.69, 9.17) is 0 Å². The van der Waals surface area contributed by atoms with Crippen molar-refractivity contribution in [1.29, 1.82) is 0 Å². The van der Waals surface area contributed by atoms with Crippen LogP contribution in [0.1, 0.15) is 32.6 Å². The van der Waals surface area contributed by atoms with Crippen LogP contribution < -0.4 is 10.6 Å². The lowest BCUT2D eigenvalue weighted by molar-refractivity contribution is -0.139. The lowest BCUT2D eigenvalue weighted by atomic mass is 9.84. The number of carbonyl (C=O) groups is 2. The van der Waals surface area contributed by atoms with Gasteiger partial charge in [-0.15, -0.1) is 0 Å². The van der Waals surface area contributed by atoms with Crippen LogP contribution >= 0.6 is 0 Å². The Hall–Kier alpha value is -1.10. The Morgan fingerprint density at radius 1 is 1.30 bits per heavy atom. The quantitative estimate of drug-likeness (QED) is 0.728. The highest BCUT2D eigenvalue weighted by atomic mass is 16.2. The molecule has 3 aliphatic heterocycles. The first-order valence-electron chi connectivity index (χ1n) is 7.92. The summed E-state index contributed by atoms with van der Waals surface area (Å²) in [5, 5.41) is 6.44. The molecule has 3 aliphatic rings. The zero-order chi connectivity index (χ0) is 14.1. The van der Waals surface area contributed by atoms with Crippen molar-refractivity contribution < 1.29 is 9.59 Å². The van der Waals surface area contributed by atoms with Gasteiger partial charge in [-0.05, 0) is 37.6 Å². The Kier molecular flexibility index (Phi) is 3.96. The van der Waals surface area contributed by atoms with E-state index >= 15 is 0 Å². The lowest BCUT2D eigenvalue weighted by Gasteiger charge is -2.43. The van der Waals surface area contributed by atoms with E-state index in [1.165, 1.54) is 0 Å². The second-order valence-corrected chi connectivity index (χ2v) is 6.74.